The van der Waals surface area contributed by atoms with Crippen LogP contribution in [0.2, 0.25) is 0 Å². The summed E-state index contributed by atoms with van der Waals surface area (Å²) in [6.07, 6.45) is 3.07. The van der Waals surface area contributed by atoms with Crippen LogP contribution in [-0.4, -0.2) is 49.2 Å². The molecule has 0 N–H and O–H groups in total. The largest absolute Gasteiger partial charge is 0.336 e. The molecule has 0 spiro atoms. The van der Waals surface area contributed by atoms with Crippen LogP contribution in [-0.2, 0) is 14.8 Å². The van der Waals surface area contributed by atoms with E-state index >= 15 is 0 Å². The van der Waals surface area contributed by atoms with E-state index in [2.05, 4.69) is 0 Å². The molecule has 1 amide bonds. The summed E-state index contributed by atoms with van der Waals surface area (Å²) >= 11 is 0. The molecule has 0 saturated carbocycles. The maximum atomic E-state index is 12.6. The highest BCUT2D eigenvalue weighted by atomic mass is 32.2. The predicted molar refractivity (Wildman–Crippen MR) is 90.6 cm³/mol. The molecule has 1 heterocycles. The minimum Gasteiger partial charge on any atom is -0.336 e. The zero-order chi connectivity index (χ0) is 17.2. The Kier molecular flexibility index (Phi) is 5.47. The van der Waals surface area contributed by atoms with Gasteiger partial charge in [0.1, 0.15) is 0 Å². The number of carbonyl (C=O) groups is 1. The molecule has 1 aliphatic heterocycles. The monoisotopic (exact) mass is 338 g/mol. The van der Waals surface area contributed by atoms with Crippen molar-refractivity contribution < 1.29 is 13.2 Å². The lowest BCUT2D eigenvalue weighted by Crippen LogP contribution is -2.51. The van der Waals surface area contributed by atoms with Crippen LogP contribution in [0.5, 0.6) is 0 Å². The quantitative estimate of drug-likeness (QED) is 0.847. The van der Waals surface area contributed by atoms with E-state index in [0.717, 1.165) is 29.1 Å². The van der Waals surface area contributed by atoms with E-state index in [1.54, 1.807) is 24.3 Å². The summed E-state index contributed by atoms with van der Waals surface area (Å²) in [6.45, 7) is 5.84. The Morgan fingerprint density at radius 2 is 1.70 bits per heavy atom. The Morgan fingerprint density at radius 1 is 1.17 bits per heavy atom. The highest BCUT2D eigenvalue weighted by molar-refractivity contribution is 7.89. The predicted octanol–water partition coefficient (Wildman–Crippen LogP) is 2.41. The van der Waals surface area contributed by atoms with Gasteiger partial charge in [-0.3, -0.25) is 4.79 Å². The molecule has 128 valence electrons. The maximum Gasteiger partial charge on any atom is 0.243 e. The first-order valence-electron chi connectivity index (χ1n) is 8.07. The van der Waals surface area contributed by atoms with Crippen LogP contribution in [0.4, 0.5) is 0 Å². The molecule has 1 saturated heterocycles. The SMILES string of the molecule is Cc1ccc(S(=O)(=O)N(C)CC(=O)N2C(C)CCCC2C)cc1. The normalized spacial score (nSPS) is 22.4. The summed E-state index contributed by atoms with van der Waals surface area (Å²) in [5, 5.41) is 0. The molecule has 0 bridgehead atoms. The van der Waals surface area contributed by atoms with Gasteiger partial charge in [-0.25, -0.2) is 8.42 Å². The van der Waals surface area contributed by atoms with Crippen LogP contribution in [0, 0.1) is 6.92 Å². The van der Waals surface area contributed by atoms with E-state index in [4.69, 9.17) is 0 Å². The Hall–Kier alpha value is -1.40. The number of likely N-dealkylation sites (tertiary alicyclic amines) is 1. The van der Waals surface area contributed by atoms with Crippen LogP contribution in [0.25, 0.3) is 0 Å². The number of likely N-dealkylation sites (N-methyl/N-ethyl adjacent to an activating group) is 1. The van der Waals surface area contributed by atoms with E-state index < -0.39 is 10.0 Å². The minimum atomic E-state index is -3.64. The van der Waals surface area contributed by atoms with Gasteiger partial charge in [0, 0.05) is 19.1 Å². The summed E-state index contributed by atoms with van der Waals surface area (Å²) < 4.78 is 26.3. The number of amides is 1. The average Bonchev–Trinajstić information content (AvgIpc) is 2.47. The van der Waals surface area contributed by atoms with Gasteiger partial charge in [0.15, 0.2) is 0 Å². The van der Waals surface area contributed by atoms with Gasteiger partial charge in [-0.2, -0.15) is 4.31 Å². The van der Waals surface area contributed by atoms with Gasteiger partial charge in [-0.1, -0.05) is 17.7 Å². The van der Waals surface area contributed by atoms with E-state index in [1.807, 2.05) is 25.7 Å². The Morgan fingerprint density at radius 3 is 2.22 bits per heavy atom. The van der Waals surface area contributed by atoms with Crippen molar-refractivity contribution in [2.24, 2.45) is 0 Å². The summed E-state index contributed by atoms with van der Waals surface area (Å²) in [4.78, 5) is 14.6. The van der Waals surface area contributed by atoms with E-state index in [-0.39, 0.29) is 29.4 Å². The van der Waals surface area contributed by atoms with Crippen molar-refractivity contribution in [2.45, 2.75) is 57.0 Å². The summed E-state index contributed by atoms with van der Waals surface area (Å²) in [5.74, 6) is -0.122. The molecule has 23 heavy (non-hydrogen) atoms. The molecular formula is C17H26N2O3S. The highest BCUT2D eigenvalue weighted by Crippen LogP contribution is 2.23. The average molecular weight is 338 g/mol. The maximum absolute atomic E-state index is 12.6. The molecule has 0 radical (unpaired) electrons. The molecular weight excluding hydrogens is 312 g/mol. The number of piperidine rings is 1. The molecule has 1 aliphatic rings. The van der Waals surface area contributed by atoms with Crippen molar-refractivity contribution in [3.05, 3.63) is 29.8 Å². The first kappa shape index (κ1) is 17.9. The molecule has 2 atom stereocenters. The summed E-state index contributed by atoms with van der Waals surface area (Å²) in [7, 11) is -2.17. The summed E-state index contributed by atoms with van der Waals surface area (Å²) in [6, 6.07) is 7.02. The number of aryl methyl sites for hydroxylation is 1. The number of rotatable bonds is 4. The van der Waals surface area contributed by atoms with Crippen molar-refractivity contribution in [3.8, 4) is 0 Å². The lowest BCUT2D eigenvalue weighted by Gasteiger charge is -2.39. The standard InChI is InChI=1S/C17H26N2O3S/c1-13-8-10-16(11-9-13)23(21,22)18(4)12-17(20)19-14(2)6-5-7-15(19)3/h8-11,14-15H,5-7,12H2,1-4H3. The zero-order valence-corrected chi connectivity index (χ0v) is 15.1. The van der Waals surface area contributed by atoms with Gasteiger partial charge >= 0.3 is 0 Å². The van der Waals surface area contributed by atoms with Crippen LogP contribution in [0.1, 0.15) is 38.7 Å². The lowest BCUT2D eigenvalue weighted by atomic mass is 9.97. The third-order valence-electron chi connectivity index (χ3n) is 4.57. The van der Waals surface area contributed by atoms with E-state index in [1.165, 1.54) is 7.05 Å². The fourth-order valence-corrected chi connectivity index (χ4v) is 4.28. The van der Waals surface area contributed by atoms with Crippen molar-refractivity contribution in [1.82, 2.24) is 9.21 Å². The number of benzene rings is 1. The van der Waals surface area contributed by atoms with Gasteiger partial charge < -0.3 is 4.90 Å². The number of sulfonamides is 1. The molecule has 2 rings (SSSR count). The lowest BCUT2D eigenvalue weighted by molar-refractivity contribution is -0.137. The number of nitrogens with zero attached hydrogens (tertiary/aromatic N) is 2. The number of hydrogen-bond donors (Lipinski definition) is 0. The van der Waals surface area contributed by atoms with Crippen LogP contribution < -0.4 is 0 Å². The van der Waals surface area contributed by atoms with Crippen molar-refractivity contribution >= 4 is 15.9 Å². The Labute approximate surface area is 139 Å². The molecule has 1 aromatic carbocycles. The Bertz CT molecular complexity index is 645. The van der Waals surface area contributed by atoms with E-state index in [0.29, 0.717) is 0 Å². The topological polar surface area (TPSA) is 57.7 Å². The van der Waals surface area contributed by atoms with Crippen LogP contribution in [0.15, 0.2) is 29.2 Å². The third kappa shape index (κ3) is 3.93. The summed E-state index contributed by atoms with van der Waals surface area (Å²) in [5.41, 5.74) is 0.999. The van der Waals surface area contributed by atoms with Gasteiger partial charge in [0.05, 0.1) is 11.4 Å². The van der Waals surface area contributed by atoms with Gasteiger partial charge in [0.25, 0.3) is 0 Å². The fraction of sp³-hybridized carbons (Fsp3) is 0.588. The zero-order valence-electron chi connectivity index (χ0n) is 14.3. The number of hydrogen-bond acceptors (Lipinski definition) is 3. The van der Waals surface area contributed by atoms with Crippen LogP contribution >= 0.6 is 0 Å². The number of carbonyl (C=O) groups excluding carboxylic acids is 1. The smallest absolute Gasteiger partial charge is 0.243 e. The first-order valence-corrected chi connectivity index (χ1v) is 9.51. The molecule has 6 heteroatoms. The van der Waals surface area contributed by atoms with Gasteiger partial charge in [-0.05, 0) is 52.2 Å². The minimum absolute atomic E-state index is 0.120. The van der Waals surface area contributed by atoms with Gasteiger partial charge in [0.2, 0.25) is 15.9 Å². The van der Waals surface area contributed by atoms with Crippen molar-refractivity contribution in [2.75, 3.05) is 13.6 Å². The van der Waals surface area contributed by atoms with Crippen molar-refractivity contribution in [1.29, 1.82) is 0 Å². The fourth-order valence-electron chi connectivity index (χ4n) is 3.16. The second-order valence-electron chi connectivity index (χ2n) is 6.50. The molecule has 0 aliphatic carbocycles. The second kappa shape index (κ2) is 7.01. The molecule has 0 aromatic heterocycles. The molecule has 1 aromatic rings. The molecule has 1 fully saturated rings. The van der Waals surface area contributed by atoms with E-state index in [9.17, 15) is 13.2 Å². The van der Waals surface area contributed by atoms with Crippen molar-refractivity contribution in [3.63, 3.8) is 0 Å². The Balaban J connectivity index is 2.12. The van der Waals surface area contributed by atoms with Crippen LogP contribution in [0.3, 0.4) is 0 Å². The molecule has 2 unspecified atom stereocenters. The third-order valence-corrected chi connectivity index (χ3v) is 6.39. The second-order valence-corrected chi connectivity index (χ2v) is 8.55. The highest BCUT2D eigenvalue weighted by Gasteiger charge is 2.31. The first-order chi connectivity index (χ1) is 10.7. The van der Waals surface area contributed by atoms with Gasteiger partial charge in [-0.15, -0.1) is 0 Å². The molecule has 5 nitrogen and oxygen atoms in total.